The summed E-state index contributed by atoms with van der Waals surface area (Å²) in [6.45, 7) is 8.31. The molecule has 47 heavy (non-hydrogen) atoms. The van der Waals surface area contributed by atoms with Crippen LogP contribution in [0.3, 0.4) is 0 Å². The van der Waals surface area contributed by atoms with E-state index in [2.05, 4.69) is 4.98 Å². The van der Waals surface area contributed by atoms with Gasteiger partial charge in [-0.15, -0.1) is 0 Å². The van der Waals surface area contributed by atoms with Crippen LogP contribution in [0, 0.1) is 20.8 Å². The Hall–Kier alpha value is -5.48. The highest BCUT2D eigenvalue weighted by Gasteiger charge is 2.49. The second-order valence-electron chi connectivity index (χ2n) is 11.5. The van der Waals surface area contributed by atoms with Crippen molar-refractivity contribution in [3.05, 3.63) is 124 Å². The van der Waals surface area contributed by atoms with E-state index in [1.54, 1.807) is 35.7 Å². The third kappa shape index (κ3) is 5.30. The molecule has 1 atom stereocenters. The van der Waals surface area contributed by atoms with Gasteiger partial charge in [-0.05, 0) is 80.3 Å². The number of carbonyl (C=O) groups is 2. The number of aryl methyl sites for hydroxylation is 3. The number of hydrogen-bond donors (Lipinski definition) is 1. The molecule has 0 bridgehead atoms. The number of aliphatic hydroxyl groups is 1. The molecule has 0 aliphatic carbocycles. The fraction of sp³-hybridized carbons (Fsp3) is 0.189. The number of benzene rings is 3. The average molecular weight is 645 g/mol. The van der Waals surface area contributed by atoms with Gasteiger partial charge < -0.3 is 14.6 Å². The number of anilines is 1. The minimum absolute atomic E-state index is 0.0590. The molecule has 1 aliphatic rings. The molecule has 4 heterocycles. The molecule has 10 heteroatoms. The van der Waals surface area contributed by atoms with Gasteiger partial charge in [0.1, 0.15) is 17.9 Å². The number of nitrogens with zero attached hydrogens (tertiary/aromatic N) is 4. The zero-order chi connectivity index (χ0) is 32.8. The van der Waals surface area contributed by atoms with Crippen LogP contribution >= 0.6 is 11.3 Å². The first-order valence-electron chi connectivity index (χ1n) is 15.3. The van der Waals surface area contributed by atoms with Gasteiger partial charge in [-0.1, -0.05) is 59.9 Å². The Morgan fingerprint density at radius 3 is 2.49 bits per heavy atom. The van der Waals surface area contributed by atoms with Gasteiger partial charge in [-0.2, -0.15) is 0 Å². The van der Waals surface area contributed by atoms with Crippen LogP contribution in [0.5, 0.6) is 11.5 Å². The summed E-state index contributed by atoms with van der Waals surface area (Å²) in [4.78, 5) is 38.8. The molecule has 1 unspecified atom stereocenters. The van der Waals surface area contributed by atoms with Crippen molar-refractivity contribution in [3.8, 4) is 11.5 Å². The predicted molar refractivity (Wildman–Crippen MR) is 182 cm³/mol. The molecule has 0 spiro atoms. The molecule has 9 nitrogen and oxygen atoms in total. The van der Waals surface area contributed by atoms with Crippen LogP contribution < -0.4 is 14.4 Å². The van der Waals surface area contributed by atoms with Crippen molar-refractivity contribution in [1.29, 1.82) is 0 Å². The standard InChI is InChI=1S/C37H32N4O5S/c1-5-45-27-19-25(14-15-26(27)46-20-24-11-7-6-8-12-24)33-30(34(42)32-23(4)38-29-13-9-10-16-40(29)32)35(43)36(44)41(33)37-39-31-22(3)17-21(2)18-28(31)47-37/h6-19,33,42H,5,20H2,1-4H3/b34-30+. The lowest BCUT2D eigenvalue weighted by Crippen LogP contribution is -2.29. The minimum atomic E-state index is -1.01. The summed E-state index contributed by atoms with van der Waals surface area (Å²) in [5.74, 6) is -0.943. The third-order valence-electron chi connectivity index (χ3n) is 8.22. The van der Waals surface area contributed by atoms with Crippen molar-refractivity contribution in [1.82, 2.24) is 14.4 Å². The van der Waals surface area contributed by atoms with E-state index < -0.39 is 17.7 Å². The van der Waals surface area contributed by atoms with Crippen LogP contribution in [0.1, 0.15) is 46.6 Å². The number of ketones is 1. The number of fused-ring (bicyclic) bond motifs is 2. The van der Waals surface area contributed by atoms with E-state index in [9.17, 15) is 14.7 Å². The van der Waals surface area contributed by atoms with E-state index in [-0.39, 0.29) is 11.3 Å². The van der Waals surface area contributed by atoms with Crippen LogP contribution in [-0.2, 0) is 16.2 Å². The average Bonchev–Trinajstić information content (AvgIpc) is 3.71. The fourth-order valence-electron chi connectivity index (χ4n) is 6.15. The number of aromatic nitrogens is 3. The normalized spacial score (nSPS) is 16.0. The molecule has 236 valence electrons. The summed E-state index contributed by atoms with van der Waals surface area (Å²) in [6, 6.07) is 23.7. The van der Waals surface area contributed by atoms with Gasteiger partial charge >= 0.3 is 5.91 Å². The van der Waals surface area contributed by atoms with Crippen molar-refractivity contribution in [2.24, 2.45) is 0 Å². The molecule has 7 rings (SSSR count). The molecule has 1 amide bonds. The maximum atomic E-state index is 14.0. The van der Waals surface area contributed by atoms with Gasteiger partial charge in [0.05, 0.1) is 34.1 Å². The minimum Gasteiger partial charge on any atom is -0.505 e. The smallest absolute Gasteiger partial charge is 0.301 e. The number of imidazole rings is 1. The number of amides is 1. The lowest BCUT2D eigenvalue weighted by molar-refractivity contribution is -0.132. The Kier molecular flexibility index (Phi) is 7.73. The van der Waals surface area contributed by atoms with Crippen molar-refractivity contribution in [2.75, 3.05) is 11.5 Å². The maximum Gasteiger partial charge on any atom is 0.301 e. The quantitative estimate of drug-likeness (QED) is 0.104. The first-order chi connectivity index (χ1) is 22.7. The third-order valence-corrected chi connectivity index (χ3v) is 9.22. The number of hydrogen-bond acceptors (Lipinski definition) is 8. The van der Waals surface area contributed by atoms with Crippen molar-refractivity contribution in [3.63, 3.8) is 0 Å². The van der Waals surface area contributed by atoms with Crippen LogP contribution in [0.4, 0.5) is 5.13 Å². The Morgan fingerprint density at radius 1 is 0.915 bits per heavy atom. The number of thiazole rings is 1. The van der Waals surface area contributed by atoms with Crippen molar-refractivity contribution in [2.45, 2.75) is 40.3 Å². The SMILES string of the molecule is CCOc1cc(C2/C(=C(\O)c3c(C)nc4ccccn34)C(=O)C(=O)N2c2nc3c(C)cc(C)cc3s2)ccc1OCc1ccccc1. The first kappa shape index (κ1) is 30.2. The monoisotopic (exact) mass is 644 g/mol. The number of carbonyl (C=O) groups excluding carboxylic acids is 2. The van der Waals surface area contributed by atoms with E-state index in [0.29, 0.717) is 52.4 Å². The molecule has 1 N–H and O–H groups in total. The van der Waals surface area contributed by atoms with Crippen LogP contribution in [0.25, 0.3) is 21.6 Å². The molecule has 1 aliphatic heterocycles. The van der Waals surface area contributed by atoms with Crippen molar-refractivity contribution >= 4 is 49.8 Å². The summed E-state index contributed by atoms with van der Waals surface area (Å²) in [6.07, 6.45) is 1.76. The van der Waals surface area contributed by atoms with Crippen LogP contribution in [0.2, 0.25) is 0 Å². The van der Waals surface area contributed by atoms with Crippen LogP contribution in [0.15, 0.2) is 90.6 Å². The second-order valence-corrected chi connectivity index (χ2v) is 12.5. The predicted octanol–water partition coefficient (Wildman–Crippen LogP) is 7.47. The molecule has 1 fully saturated rings. The fourth-order valence-corrected chi connectivity index (χ4v) is 7.32. The molecule has 1 saturated heterocycles. The Morgan fingerprint density at radius 2 is 1.70 bits per heavy atom. The largest absolute Gasteiger partial charge is 0.505 e. The first-order valence-corrected chi connectivity index (χ1v) is 16.1. The summed E-state index contributed by atoms with van der Waals surface area (Å²) >= 11 is 1.33. The Balaban J connectivity index is 1.41. The van der Waals surface area contributed by atoms with Gasteiger partial charge in [-0.25, -0.2) is 9.97 Å². The zero-order valence-electron chi connectivity index (χ0n) is 26.4. The maximum absolute atomic E-state index is 14.0. The van der Waals surface area contributed by atoms with E-state index in [4.69, 9.17) is 14.5 Å². The summed E-state index contributed by atoms with van der Waals surface area (Å²) in [5, 5.41) is 12.3. The van der Waals surface area contributed by atoms with Gasteiger partial charge in [-0.3, -0.25) is 18.9 Å². The Bertz CT molecular complexity index is 2220. The number of rotatable bonds is 8. The lowest BCUT2D eigenvalue weighted by Gasteiger charge is -2.24. The topological polar surface area (TPSA) is 106 Å². The van der Waals surface area contributed by atoms with Crippen molar-refractivity contribution < 1.29 is 24.2 Å². The van der Waals surface area contributed by atoms with E-state index in [1.807, 2.05) is 81.4 Å². The van der Waals surface area contributed by atoms with Gasteiger partial charge in [0.25, 0.3) is 5.78 Å². The van der Waals surface area contributed by atoms with Gasteiger partial charge in [0.2, 0.25) is 0 Å². The highest BCUT2D eigenvalue weighted by molar-refractivity contribution is 7.22. The molecule has 3 aromatic heterocycles. The molecule has 0 radical (unpaired) electrons. The van der Waals surface area contributed by atoms with Gasteiger partial charge in [0, 0.05) is 6.20 Å². The number of Topliss-reactive ketones (excluding diaryl/α,β-unsaturated/α-hetero) is 1. The van der Waals surface area contributed by atoms with E-state index >= 15 is 0 Å². The molecular weight excluding hydrogens is 612 g/mol. The highest BCUT2D eigenvalue weighted by Crippen LogP contribution is 2.46. The van der Waals surface area contributed by atoms with E-state index in [1.165, 1.54) is 16.2 Å². The molecule has 0 saturated carbocycles. The highest BCUT2D eigenvalue weighted by atomic mass is 32.1. The summed E-state index contributed by atoms with van der Waals surface area (Å²) in [7, 11) is 0. The summed E-state index contributed by atoms with van der Waals surface area (Å²) in [5.41, 5.74) is 5.75. The number of pyridine rings is 1. The van der Waals surface area contributed by atoms with Crippen LogP contribution in [-0.4, -0.2) is 37.8 Å². The summed E-state index contributed by atoms with van der Waals surface area (Å²) < 4.78 is 14.8. The molecule has 6 aromatic rings. The number of aliphatic hydroxyl groups excluding tert-OH is 1. The molecule has 3 aromatic carbocycles. The lowest BCUT2D eigenvalue weighted by atomic mass is 9.96. The Labute approximate surface area is 275 Å². The number of ether oxygens (including phenoxy) is 2. The zero-order valence-corrected chi connectivity index (χ0v) is 27.2. The van der Waals surface area contributed by atoms with E-state index in [0.717, 1.165) is 26.9 Å². The second kappa shape index (κ2) is 12.0. The molecular formula is C37H32N4O5S. The van der Waals surface area contributed by atoms with Gasteiger partial charge in [0.15, 0.2) is 22.4 Å².